The summed E-state index contributed by atoms with van der Waals surface area (Å²) < 4.78 is 17.3. The van der Waals surface area contributed by atoms with E-state index in [9.17, 15) is 14.9 Å². The molecule has 3 aromatic rings. The summed E-state index contributed by atoms with van der Waals surface area (Å²) in [5.74, 6) is 0.328. The third kappa shape index (κ3) is 5.53. The fourth-order valence-corrected chi connectivity index (χ4v) is 3.77. The molecule has 0 saturated carbocycles. The van der Waals surface area contributed by atoms with Gasteiger partial charge in [-0.2, -0.15) is 5.26 Å². The van der Waals surface area contributed by atoms with E-state index in [1.54, 1.807) is 50.6 Å². The van der Waals surface area contributed by atoms with Crippen LogP contribution in [0.4, 0.5) is 0 Å². The number of carbonyl (C=O) groups excluding carboxylic acids is 2. The summed E-state index contributed by atoms with van der Waals surface area (Å²) in [5.41, 5.74) is 4.56. The first-order valence-corrected chi connectivity index (χ1v) is 10.8. The quantitative estimate of drug-likeness (QED) is 0.300. The molecule has 0 bridgehead atoms. The van der Waals surface area contributed by atoms with Crippen molar-refractivity contribution in [2.75, 3.05) is 21.3 Å². The highest BCUT2D eigenvalue weighted by Gasteiger charge is 2.15. The molecule has 0 fully saturated rings. The molecule has 0 spiro atoms. The Bertz CT molecular complexity index is 1310. The van der Waals surface area contributed by atoms with Crippen LogP contribution in [0.15, 0.2) is 54.1 Å². The Hall–Kier alpha value is -4.51. The molecule has 0 aliphatic rings. The number of nitrogens with one attached hydrogen (secondary N) is 1. The summed E-state index contributed by atoms with van der Waals surface area (Å²) in [5, 5.41) is 12.4. The predicted octanol–water partition coefficient (Wildman–Crippen LogP) is 4.12. The average Bonchev–Trinajstić information content (AvgIpc) is 3.17. The van der Waals surface area contributed by atoms with Crippen LogP contribution < -0.4 is 14.8 Å². The molecule has 0 aliphatic heterocycles. The molecule has 35 heavy (non-hydrogen) atoms. The predicted molar refractivity (Wildman–Crippen MR) is 132 cm³/mol. The molecule has 8 nitrogen and oxygen atoms in total. The lowest BCUT2D eigenvalue weighted by Gasteiger charge is -2.11. The Balaban J connectivity index is 1.82. The van der Waals surface area contributed by atoms with Crippen LogP contribution in [-0.4, -0.2) is 37.8 Å². The van der Waals surface area contributed by atoms with Crippen molar-refractivity contribution in [2.24, 2.45) is 0 Å². The van der Waals surface area contributed by atoms with Crippen molar-refractivity contribution in [3.8, 4) is 23.3 Å². The van der Waals surface area contributed by atoms with Gasteiger partial charge >= 0.3 is 5.97 Å². The molecule has 8 heteroatoms. The minimum absolute atomic E-state index is 0.0150. The maximum Gasteiger partial charge on any atom is 0.337 e. The Morgan fingerprint density at radius 1 is 1.03 bits per heavy atom. The minimum atomic E-state index is -0.488. The Morgan fingerprint density at radius 2 is 1.74 bits per heavy atom. The number of methoxy groups -OCH3 is 3. The zero-order chi connectivity index (χ0) is 25.5. The second-order valence-electron chi connectivity index (χ2n) is 7.73. The van der Waals surface area contributed by atoms with Crippen LogP contribution in [0, 0.1) is 25.2 Å². The van der Waals surface area contributed by atoms with Gasteiger partial charge in [-0.25, -0.2) is 4.79 Å². The van der Waals surface area contributed by atoms with Crippen LogP contribution in [0.5, 0.6) is 11.5 Å². The van der Waals surface area contributed by atoms with Gasteiger partial charge in [0, 0.05) is 35.2 Å². The highest BCUT2D eigenvalue weighted by Crippen LogP contribution is 2.25. The Labute approximate surface area is 204 Å². The summed E-state index contributed by atoms with van der Waals surface area (Å²) >= 11 is 0. The highest BCUT2D eigenvalue weighted by atomic mass is 16.5. The van der Waals surface area contributed by atoms with Crippen molar-refractivity contribution in [3.05, 3.63) is 82.2 Å². The van der Waals surface area contributed by atoms with Gasteiger partial charge in [0.25, 0.3) is 5.91 Å². The van der Waals surface area contributed by atoms with Crippen LogP contribution in [-0.2, 0) is 16.1 Å². The first kappa shape index (κ1) is 25.1. The number of rotatable bonds is 8. The monoisotopic (exact) mass is 473 g/mol. The number of ether oxygens (including phenoxy) is 3. The number of amides is 1. The Kier molecular flexibility index (Phi) is 7.95. The summed E-state index contributed by atoms with van der Waals surface area (Å²) in [7, 11) is 4.44. The average molecular weight is 474 g/mol. The maximum atomic E-state index is 12.8. The number of aromatic nitrogens is 1. The normalized spacial score (nSPS) is 10.9. The maximum absolute atomic E-state index is 12.8. The number of nitrogens with zero attached hydrogens (tertiary/aromatic N) is 2. The summed E-state index contributed by atoms with van der Waals surface area (Å²) in [6.45, 7) is 4.03. The van der Waals surface area contributed by atoms with Gasteiger partial charge in [0.1, 0.15) is 23.1 Å². The Morgan fingerprint density at radius 3 is 2.34 bits per heavy atom. The van der Waals surface area contributed by atoms with Crippen molar-refractivity contribution in [3.63, 3.8) is 0 Å². The lowest BCUT2D eigenvalue weighted by molar-refractivity contribution is -0.117. The molecule has 3 rings (SSSR count). The summed E-state index contributed by atoms with van der Waals surface area (Å²) in [6.07, 6.45) is 1.57. The molecule has 0 saturated heterocycles. The molecule has 0 unspecified atom stereocenters. The third-order valence-electron chi connectivity index (χ3n) is 5.62. The summed E-state index contributed by atoms with van der Waals surface area (Å²) in [4.78, 5) is 24.5. The first-order valence-electron chi connectivity index (χ1n) is 10.8. The van der Waals surface area contributed by atoms with Gasteiger partial charge < -0.3 is 24.1 Å². The number of benzene rings is 2. The van der Waals surface area contributed by atoms with Crippen LogP contribution in [0.2, 0.25) is 0 Å². The van der Waals surface area contributed by atoms with Crippen molar-refractivity contribution >= 4 is 18.0 Å². The molecule has 1 aromatic heterocycles. The van der Waals surface area contributed by atoms with Gasteiger partial charge in [-0.15, -0.1) is 0 Å². The number of nitriles is 1. The van der Waals surface area contributed by atoms with Gasteiger partial charge in [-0.1, -0.05) is 0 Å². The fraction of sp³-hybridized carbons (Fsp3) is 0.222. The van der Waals surface area contributed by atoms with E-state index in [0.29, 0.717) is 17.1 Å². The van der Waals surface area contributed by atoms with Crippen molar-refractivity contribution < 1.29 is 23.8 Å². The molecular formula is C27H27N3O5. The first-order chi connectivity index (χ1) is 16.8. The van der Waals surface area contributed by atoms with Crippen LogP contribution in [0.3, 0.4) is 0 Å². The lowest BCUT2D eigenvalue weighted by Crippen LogP contribution is -2.24. The van der Waals surface area contributed by atoms with Crippen LogP contribution in [0.1, 0.15) is 32.9 Å². The van der Waals surface area contributed by atoms with Crippen LogP contribution in [0.25, 0.3) is 11.8 Å². The van der Waals surface area contributed by atoms with Gasteiger partial charge in [0.2, 0.25) is 0 Å². The lowest BCUT2D eigenvalue weighted by atomic mass is 10.1. The SMILES string of the molecule is COC(=O)c1ccc(-n2c(C)cc(/C=C(\C#N)C(=O)NCc3ccc(OC)cc3OC)c2C)cc1. The van der Waals surface area contributed by atoms with E-state index in [4.69, 9.17) is 14.2 Å². The number of esters is 1. The van der Waals surface area contributed by atoms with E-state index in [1.165, 1.54) is 7.11 Å². The summed E-state index contributed by atoms with van der Waals surface area (Å²) in [6, 6.07) is 16.2. The molecule has 1 N–H and O–H groups in total. The number of hydrogen-bond acceptors (Lipinski definition) is 6. The van der Waals surface area contributed by atoms with Gasteiger partial charge in [-0.05, 0) is 68.0 Å². The van der Waals surface area contributed by atoms with E-state index >= 15 is 0 Å². The van der Waals surface area contributed by atoms with Crippen molar-refractivity contribution in [2.45, 2.75) is 20.4 Å². The number of hydrogen-bond donors (Lipinski definition) is 1. The van der Waals surface area contributed by atoms with Gasteiger partial charge in [0.05, 0.1) is 26.9 Å². The standard InChI is InChI=1S/C27H27N3O5/c1-17-12-21(18(2)30(17)23-9-6-19(7-10-23)27(32)35-5)13-22(15-28)26(31)29-16-20-8-11-24(33-3)14-25(20)34-4/h6-14H,16H2,1-5H3,(H,29,31)/b22-13+. The molecule has 0 aliphatic carbocycles. The second-order valence-corrected chi connectivity index (χ2v) is 7.73. The second kappa shape index (κ2) is 11.1. The minimum Gasteiger partial charge on any atom is -0.497 e. The van der Waals surface area contributed by atoms with E-state index in [1.807, 2.05) is 42.7 Å². The molecular weight excluding hydrogens is 446 g/mol. The van der Waals surface area contributed by atoms with E-state index in [-0.39, 0.29) is 12.1 Å². The van der Waals surface area contributed by atoms with E-state index < -0.39 is 11.9 Å². The molecule has 180 valence electrons. The molecule has 0 atom stereocenters. The molecule has 2 aromatic carbocycles. The molecule has 1 amide bonds. The zero-order valence-electron chi connectivity index (χ0n) is 20.3. The zero-order valence-corrected chi connectivity index (χ0v) is 20.3. The van der Waals surface area contributed by atoms with E-state index in [2.05, 4.69) is 5.32 Å². The van der Waals surface area contributed by atoms with Crippen molar-refractivity contribution in [1.29, 1.82) is 5.26 Å². The third-order valence-corrected chi connectivity index (χ3v) is 5.62. The number of aryl methyl sites for hydroxylation is 1. The van der Waals surface area contributed by atoms with E-state index in [0.717, 1.165) is 28.2 Å². The fourth-order valence-electron chi connectivity index (χ4n) is 3.77. The topological polar surface area (TPSA) is 103 Å². The van der Waals surface area contributed by atoms with Crippen molar-refractivity contribution in [1.82, 2.24) is 9.88 Å². The molecule has 1 heterocycles. The number of carbonyl (C=O) groups is 2. The van der Waals surface area contributed by atoms with Gasteiger partial charge in [-0.3, -0.25) is 4.79 Å². The largest absolute Gasteiger partial charge is 0.497 e. The van der Waals surface area contributed by atoms with Gasteiger partial charge in [0.15, 0.2) is 0 Å². The molecule has 0 radical (unpaired) electrons. The van der Waals surface area contributed by atoms with Crippen LogP contribution >= 0.6 is 0 Å². The smallest absolute Gasteiger partial charge is 0.337 e. The highest BCUT2D eigenvalue weighted by molar-refractivity contribution is 6.01.